The van der Waals surface area contributed by atoms with Gasteiger partial charge in [-0.2, -0.15) is 0 Å². The van der Waals surface area contributed by atoms with Crippen molar-refractivity contribution >= 4 is 5.69 Å². The molecule has 0 bridgehead atoms. The van der Waals surface area contributed by atoms with Gasteiger partial charge in [-0.25, -0.2) is 4.39 Å². The predicted octanol–water partition coefficient (Wildman–Crippen LogP) is 2.77. The maximum atomic E-state index is 13.2. The number of hydrogen-bond acceptors (Lipinski definition) is 3. The van der Waals surface area contributed by atoms with E-state index >= 15 is 0 Å². The molecule has 1 aromatic carbocycles. The molecule has 1 N–H and O–H groups in total. The highest BCUT2D eigenvalue weighted by molar-refractivity contribution is 5.53. The van der Waals surface area contributed by atoms with E-state index in [1.54, 1.807) is 18.4 Å². The molecule has 0 atom stereocenters. The highest BCUT2D eigenvalue weighted by Gasteiger charge is 2.09. The zero-order valence-corrected chi connectivity index (χ0v) is 10.6. The molecule has 1 aromatic heterocycles. The summed E-state index contributed by atoms with van der Waals surface area (Å²) < 4.78 is 18.6. The maximum Gasteiger partial charge on any atom is 0.123 e. The van der Waals surface area contributed by atoms with Crippen LogP contribution in [-0.2, 0) is 13.1 Å². The van der Waals surface area contributed by atoms with E-state index in [0.29, 0.717) is 13.1 Å². The Balaban J connectivity index is 2.20. The molecule has 1 heterocycles. The summed E-state index contributed by atoms with van der Waals surface area (Å²) in [5.41, 5.74) is 1.94. The summed E-state index contributed by atoms with van der Waals surface area (Å²) in [6, 6.07) is 8.63. The minimum absolute atomic E-state index is 0.213. The van der Waals surface area contributed by atoms with Crippen LogP contribution in [0.3, 0.4) is 0 Å². The summed E-state index contributed by atoms with van der Waals surface area (Å²) in [5.74, 6) is 0.674. The van der Waals surface area contributed by atoms with Crippen LogP contribution in [0.1, 0.15) is 11.3 Å². The van der Waals surface area contributed by atoms with Gasteiger partial charge in [-0.1, -0.05) is 0 Å². The molecule has 0 saturated heterocycles. The molecule has 0 amide bonds. The van der Waals surface area contributed by atoms with E-state index in [4.69, 9.17) is 4.42 Å². The number of furan rings is 1. The third kappa shape index (κ3) is 2.90. The molecule has 0 aliphatic rings. The summed E-state index contributed by atoms with van der Waals surface area (Å²) in [4.78, 5) is 2.05. The summed E-state index contributed by atoms with van der Waals surface area (Å²) >= 11 is 0. The molecule has 96 valence electrons. The number of nitrogens with zero attached hydrogens (tertiary/aromatic N) is 1. The Hall–Kier alpha value is -1.81. The van der Waals surface area contributed by atoms with Gasteiger partial charge in [0.2, 0.25) is 0 Å². The highest BCUT2D eigenvalue weighted by Crippen LogP contribution is 2.22. The molecule has 0 fully saturated rings. The monoisotopic (exact) mass is 248 g/mol. The molecular formula is C14H17FN2O. The van der Waals surface area contributed by atoms with Gasteiger partial charge in [-0.3, -0.25) is 0 Å². The van der Waals surface area contributed by atoms with Crippen LogP contribution in [-0.4, -0.2) is 14.1 Å². The van der Waals surface area contributed by atoms with Crippen molar-refractivity contribution < 1.29 is 8.81 Å². The van der Waals surface area contributed by atoms with Gasteiger partial charge in [-0.15, -0.1) is 0 Å². The van der Waals surface area contributed by atoms with Gasteiger partial charge in [0.25, 0.3) is 0 Å². The van der Waals surface area contributed by atoms with Crippen LogP contribution in [0.15, 0.2) is 41.0 Å². The van der Waals surface area contributed by atoms with E-state index in [0.717, 1.165) is 17.0 Å². The van der Waals surface area contributed by atoms with Crippen LogP contribution in [0, 0.1) is 5.82 Å². The third-order valence-electron chi connectivity index (χ3n) is 2.79. The van der Waals surface area contributed by atoms with Crippen LogP contribution < -0.4 is 10.2 Å². The Morgan fingerprint density at radius 2 is 2.17 bits per heavy atom. The van der Waals surface area contributed by atoms with Gasteiger partial charge in [0.05, 0.1) is 12.8 Å². The molecule has 2 rings (SSSR count). The van der Waals surface area contributed by atoms with Gasteiger partial charge in [0.15, 0.2) is 0 Å². The van der Waals surface area contributed by atoms with E-state index in [1.807, 2.05) is 31.1 Å². The lowest BCUT2D eigenvalue weighted by Gasteiger charge is -2.21. The Kier molecular flexibility index (Phi) is 3.99. The van der Waals surface area contributed by atoms with Crippen molar-refractivity contribution in [2.75, 3.05) is 19.0 Å². The number of benzene rings is 1. The summed E-state index contributed by atoms with van der Waals surface area (Å²) in [7, 11) is 3.82. The highest BCUT2D eigenvalue weighted by atomic mass is 19.1. The van der Waals surface area contributed by atoms with Crippen LogP contribution in [0.2, 0.25) is 0 Å². The quantitative estimate of drug-likeness (QED) is 0.882. The van der Waals surface area contributed by atoms with E-state index in [2.05, 4.69) is 5.32 Å². The van der Waals surface area contributed by atoms with Crippen molar-refractivity contribution in [2.45, 2.75) is 13.1 Å². The standard InChI is InChI=1S/C14H17FN2O/c1-16-9-11-8-12(15)5-6-14(11)17(2)10-13-4-3-7-18-13/h3-8,16H,9-10H2,1-2H3. The first-order valence-electron chi connectivity index (χ1n) is 5.87. The molecule has 0 unspecified atom stereocenters. The first kappa shape index (κ1) is 12.6. The van der Waals surface area contributed by atoms with Gasteiger partial charge < -0.3 is 14.6 Å². The molecular weight excluding hydrogens is 231 g/mol. The Morgan fingerprint density at radius 1 is 1.33 bits per heavy atom. The first-order valence-corrected chi connectivity index (χ1v) is 5.87. The van der Waals surface area contributed by atoms with Crippen molar-refractivity contribution in [3.63, 3.8) is 0 Å². The fourth-order valence-corrected chi connectivity index (χ4v) is 1.98. The number of hydrogen-bond donors (Lipinski definition) is 1. The summed E-state index contributed by atoms with van der Waals surface area (Å²) in [6.45, 7) is 1.30. The molecule has 18 heavy (non-hydrogen) atoms. The number of rotatable bonds is 5. The van der Waals surface area contributed by atoms with Crippen molar-refractivity contribution in [1.82, 2.24) is 5.32 Å². The van der Waals surface area contributed by atoms with E-state index < -0.39 is 0 Å². The normalized spacial score (nSPS) is 10.6. The second-order valence-electron chi connectivity index (χ2n) is 4.24. The third-order valence-corrected chi connectivity index (χ3v) is 2.79. The fourth-order valence-electron chi connectivity index (χ4n) is 1.98. The summed E-state index contributed by atoms with van der Waals surface area (Å²) in [5, 5.41) is 3.05. The lowest BCUT2D eigenvalue weighted by atomic mass is 10.1. The average Bonchev–Trinajstić information content (AvgIpc) is 2.82. The zero-order chi connectivity index (χ0) is 13.0. The van der Waals surface area contributed by atoms with Gasteiger partial charge in [0.1, 0.15) is 11.6 Å². The molecule has 0 spiro atoms. The Labute approximate surface area is 106 Å². The van der Waals surface area contributed by atoms with E-state index in [9.17, 15) is 4.39 Å². The molecule has 0 aliphatic heterocycles. The largest absolute Gasteiger partial charge is 0.467 e. The predicted molar refractivity (Wildman–Crippen MR) is 70.0 cm³/mol. The second kappa shape index (κ2) is 5.69. The van der Waals surface area contributed by atoms with Gasteiger partial charge in [-0.05, 0) is 42.9 Å². The second-order valence-corrected chi connectivity index (χ2v) is 4.24. The average molecular weight is 248 g/mol. The lowest BCUT2D eigenvalue weighted by molar-refractivity contribution is 0.507. The molecule has 3 nitrogen and oxygen atoms in total. The Bertz CT molecular complexity index is 497. The molecule has 0 radical (unpaired) electrons. The number of anilines is 1. The van der Waals surface area contributed by atoms with E-state index in [-0.39, 0.29) is 5.82 Å². The van der Waals surface area contributed by atoms with Gasteiger partial charge in [0, 0.05) is 19.3 Å². The Morgan fingerprint density at radius 3 is 2.83 bits per heavy atom. The number of halogens is 1. The minimum atomic E-state index is -0.213. The molecule has 0 saturated carbocycles. The SMILES string of the molecule is CNCc1cc(F)ccc1N(C)Cc1ccco1. The van der Waals surface area contributed by atoms with Crippen LogP contribution in [0.4, 0.5) is 10.1 Å². The maximum absolute atomic E-state index is 13.2. The van der Waals surface area contributed by atoms with Crippen LogP contribution in [0.25, 0.3) is 0 Å². The van der Waals surface area contributed by atoms with Crippen molar-refractivity contribution in [1.29, 1.82) is 0 Å². The minimum Gasteiger partial charge on any atom is -0.467 e. The van der Waals surface area contributed by atoms with Gasteiger partial charge >= 0.3 is 0 Å². The van der Waals surface area contributed by atoms with Crippen molar-refractivity contribution in [3.8, 4) is 0 Å². The zero-order valence-electron chi connectivity index (χ0n) is 10.6. The first-order chi connectivity index (χ1) is 8.70. The topological polar surface area (TPSA) is 28.4 Å². The van der Waals surface area contributed by atoms with Crippen molar-refractivity contribution in [2.24, 2.45) is 0 Å². The lowest BCUT2D eigenvalue weighted by Crippen LogP contribution is -2.19. The number of nitrogens with one attached hydrogen (secondary N) is 1. The fraction of sp³-hybridized carbons (Fsp3) is 0.286. The smallest absolute Gasteiger partial charge is 0.123 e. The van der Waals surface area contributed by atoms with Crippen LogP contribution >= 0.6 is 0 Å². The van der Waals surface area contributed by atoms with Crippen LogP contribution in [0.5, 0.6) is 0 Å². The molecule has 4 heteroatoms. The summed E-state index contributed by atoms with van der Waals surface area (Å²) in [6.07, 6.45) is 1.66. The van der Waals surface area contributed by atoms with E-state index in [1.165, 1.54) is 6.07 Å². The molecule has 0 aliphatic carbocycles. The van der Waals surface area contributed by atoms with Crippen molar-refractivity contribution in [3.05, 3.63) is 53.7 Å². The molecule has 2 aromatic rings.